The average molecular weight is 290 g/mol. The van der Waals surface area contributed by atoms with E-state index >= 15 is 0 Å². The van der Waals surface area contributed by atoms with E-state index in [1.54, 1.807) is 19.3 Å². The van der Waals surface area contributed by atoms with Crippen LogP contribution >= 0.6 is 0 Å². The number of benzene rings is 1. The van der Waals surface area contributed by atoms with E-state index in [9.17, 15) is 13.6 Å². The molecule has 2 aromatic heterocycles. The van der Waals surface area contributed by atoms with Gasteiger partial charge in [0.15, 0.2) is 11.6 Å². The van der Waals surface area contributed by atoms with E-state index in [0.29, 0.717) is 22.4 Å². The number of nitrogen functional groups attached to an aromatic ring is 1. The number of rotatable bonds is 2. The number of fused-ring (bicyclic) bond motifs is 1. The molecule has 0 fully saturated rings. The number of anilines is 2. The molecule has 0 unspecified atom stereocenters. The second-order valence-corrected chi connectivity index (χ2v) is 4.64. The van der Waals surface area contributed by atoms with E-state index in [1.165, 1.54) is 10.6 Å². The fraction of sp³-hybridized carbons (Fsp3) is 0.0714. The first kappa shape index (κ1) is 13.2. The Balaban J connectivity index is 1.99. The molecule has 0 atom stereocenters. The third kappa shape index (κ3) is 2.03. The molecule has 21 heavy (non-hydrogen) atoms. The van der Waals surface area contributed by atoms with Crippen LogP contribution in [0.4, 0.5) is 20.3 Å². The van der Waals surface area contributed by atoms with Crippen LogP contribution in [-0.2, 0) is 7.05 Å². The zero-order valence-electron chi connectivity index (χ0n) is 11.1. The number of H-pyrrole nitrogens is 1. The summed E-state index contributed by atoms with van der Waals surface area (Å²) in [7, 11) is 1.66. The maximum Gasteiger partial charge on any atom is 0.273 e. The predicted molar refractivity (Wildman–Crippen MR) is 76.0 cm³/mol. The maximum absolute atomic E-state index is 13.2. The number of nitrogens with two attached hydrogens (primary N) is 1. The molecular weight excluding hydrogens is 278 g/mol. The topological polar surface area (TPSA) is 75.8 Å². The summed E-state index contributed by atoms with van der Waals surface area (Å²) in [6.45, 7) is 0. The summed E-state index contributed by atoms with van der Waals surface area (Å²) >= 11 is 0. The fourth-order valence-corrected chi connectivity index (χ4v) is 2.29. The molecule has 0 saturated heterocycles. The second-order valence-electron chi connectivity index (χ2n) is 4.64. The normalized spacial score (nSPS) is 11.0. The molecule has 1 amide bonds. The van der Waals surface area contributed by atoms with Gasteiger partial charge in [0.25, 0.3) is 5.91 Å². The van der Waals surface area contributed by atoms with Gasteiger partial charge < -0.3 is 20.6 Å². The summed E-state index contributed by atoms with van der Waals surface area (Å²) in [5.41, 5.74) is 7.07. The lowest BCUT2D eigenvalue weighted by molar-refractivity contribution is 0.102. The average Bonchev–Trinajstić information content (AvgIpc) is 2.98. The molecule has 2 heterocycles. The van der Waals surface area contributed by atoms with Crippen molar-refractivity contribution in [1.29, 1.82) is 0 Å². The van der Waals surface area contributed by atoms with Gasteiger partial charge in [-0.15, -0.1) is 0 Å². The van der Waals surface area contributed by atoms with Crippen LogP contribution in [0.15, 0.2) is 30.5 Å². The van der Waals surface area contributed by atoms with Gasteiger partial charge in [-0.1, -0.05) is 0 Å². The number of carbonyl (C=O) groups excluding carboxylic acids is 1. The number of hydrogen-bond donors (Lipinski definition) is 3. The number of nitrogens with one attached hydrogen (secondary N) is 2. The molecule has 0 bridgehead atoms. The molecule has 7 heteroatoms. The van der Waals surface area contributed by atoms with Crippen molar-refractivity contribution in [2.45, 2.75) is 0 Å². The SMILES string of the molecule is Cn1c(C(=O)Nc2ccc(F)c(F)c2)c2cc[nH]c2c1N. The summed E-state index contributed by atoms with van der Waals surface area (Å²) in [5.74, 6) is -2.02. The Bertz CT molecular complexity index is 850. The summed E-state index contributed by atoms with van der Waals surface area (Å²) < 4.78 is 27.6. The zero-order valence-corrected chi connectivity index (χ0v) is 11.1. The van der Waals surface area contributed by atoms with E-state index in [2.05, 4.69) is 10.3 Å². The van der Waals surface area contributed by atoms with Gasteiger partial charge in [-0.3, -0.25) is 4.79 Å². The molecule has 5 nitrogen and oxygen atoms in total. The van der Waals surface area contributed by atoms with Crippen LogP contribution in [0.25, 0.3) is 10.9 Å². The minimum Gasteiger partial charge on any atom is -0.383 e. The van der Waals surface area contributed by atoms with Gasteiger partial charge in [0, 0.05) is 30.4 Å². The molecule has 4 N–H and O–H groups in total. The van der Waals surface area contributed by atoms with Gasteiger partial charge in [-0.05, 0) is 18.2 Å². The monoisotopic (exact) mass is 290 g/mol. The molecule has 0 aliphatic heterocycles. The van der Waals surface area contributed by atoms with Crippen LogP contribution < -0.4 is 11.1 Å². The van der Waals surface area contributed by atoms with Crippen molar-refractivity contribution in [2.75, 3.05) is 11.1 Å². The largest absolute Gasteiger partial charge is 0.383 e. The standard InChI is InChI=1S/C14H12F2N4O/c1-20-12(8-4-5-18-11(8)13(20)17)14(21)19-7-2-3-9(15)10(16)6-7/h2-6,18H,17H2,1H3,(H,19,21). The van der Waals surface area contributed by atoms with Crippen molar-refractivity contribution >= 4 is 28.3 Å². The minimum atomic E-state index is -1.02. The highest BCUT2D eigenvalue weighted by Crippen LogP contribution is 2.27. The number of aromatic amines is 1. The van der Waals surface area contributed by atoms with Crippen molar-refractivity contribution in [2.24, 2.45) is 7.05 Å². The second kappa shape index (κ2) is 4.62. The summed E-state index contributed by atoms with van der Waals surface area (Å²) in [5, 5.41) is 3.19. The van der Waals surface area contributed by atoms with Crippen LogP contribution in [0, 0.1) is 11.6 Å². The maximum atomic E-state index is 13.2. The van der Waals surface area contributed by atoms with Crippen LogP contribution in [0.5, 0.6) is 0 Å². The minimum absolute atomic E-state index is 0.169. The molecular formula is C14H12F2N4O. The smallest absolute Gasteiger partial charge is 0.273 e. The van der Waals surface area contributed by atoms with Gasteiger partial charge in [-0.25, -0.2) is 8.78 Å². The molecule has 3 rings (SSSR count). The molecule has 0 saturated carbocycles. The van der Waals surface area contributed by atoms with Crippen LogP contribution in [-0.4, -0.2) is 15.5 Å². The highest BCUT2D eigenvalue weighted by molar-refractivity contribution is 6.14. The molecule has 0 aliphatic rings. The lowest BCUT2D eigenvalue weighted by Crippen LogP contribution is -2.16. The van der Waals surface area contributed by atoms with E-state index in [0.717, 1.165) is 12.1 Å². The Labute approximate surface area is 118 Å². The van der Waals surface area contributed by atoms with Crippen molar-refractivity contribution in [1.82, 2.24) is 9.55 Å². The fourth-order valence-electron chi connectivity index (χ4n) is 2.29. The molecule has 0 spiro atoms. The van der Waals surface area contributed by atoms with Gasteiger partial charge in [0.1, 0.15) is 11.5 Å². The number of halogens is 2. The summed E-state index contributed by atoms with van der Waals surface area (Å²) in [4.78, 5) is 15.3. The van der Waals surface area contributed by atoms with Crippen molar-refractivity contribution in [3.05, 3.63) is 47.8 Å². The van der Waals surface area contributed by atoms with E-state index in [-0.39, 0.29) is 5.69 Å². The molecule has 0 radical (unpaired) electrons. The number of amides is 1. The number of carbonyl (C=O) groups is 1. The van der Waals surface area contributed by atoms with Gasteiger partial charge >= 0.3 is 0 Å². The molecule has 1 aromatic carbocycles. The van der Waals surface area contributed by atoms with Gasteiger partial charge in [-0.2, -0.15) is 0 Å². The quantitative estimate of drug-likeness (QED) is 0.678. The van der Waals surface area contributed by atoms with Gasteiger partial charge in [0.05, 0.1) is 5.52 Å². The van der Waals surface area contributed by atoms with E-state index in [1.807, 2.05) is 0 Å². The zero-order chi connectivity index (χ0) is 15.1. The number of hydrogen-bond acceptors (Lipinski definition) is 2. The van der Waals surface area contributed by atoms with E-state index in [4.69, 9.17) is 5.73 Å². The first-order chi connectivity index (χ1) is 9.99. The Morgan fingerprint density at radius 1 is 1.29 bits per heavy atom. The Morgan fingerprint density at radius 2 is 2.05 bits per heavy atom. The van der Waals surface area contributed by atoms with Crippen LogP contribution in [0.1, 0.15) is 10.5 Å². The highest BCUT2D eigenvalue weighted by Gasteiger charge is 2.19. The van der Waals surface area contributed by atoms with Crippen molar-refractivity contribution < 1.29 is 13.6 Å². The van der Waals surface area contributed by atoms with Crippen molar-refractivity contribution in [3.63, 3.8) is 0 Å². The van der Waals surface area contributed by atoms with E-state index < -0.39 is 17.5 Å². The van der Waals surface area contributed by atoms with Crippen molar-refractivity contribution in [3.8, 4) is 0 Å². The molecule has 108 valence electrons. The number of aromatic nitrogens is 2. The molecule has 0 aliphatic carbocycles. The molecule has 3 aromatic rings. The lowest BCUT2D eigenvalue weighted by Gasteiger charge is -2.07. The first-order valence-corrected chi connectivity index (χ1v) is 6.16. The Morgan fingerprint density at radius 3 is 2.76 bits per heavy atom. The number of nitrogens with zero attached hydrogens (tertiary/aromatic N) is 1. The summed E-state index contributed by atoms with van der Waals surface area (Å²) in [6, 6.07) is 4.90. The van der Waals surface area contributed by atoms with Crippen LogP contribution in [0.2, 0.25) is 0 Å². The highest BCUT2D eigenvalue weighted by atomic mass is 19.2. The first-order valence-electron chi connectivity index (χ1n) is 6.16. The van der Waals surface area contributed by atoms with Gasteiger partial charge in [0.2, 0.25) is 0 Å². The van der Waals surface area contributed by atoms with Crippen LogP contribution in [0.3, 0.4) is 0 Å². The summed E-state index contributed by atoms with van der Waals surface area (Å²) in [6.07, 6.45) is 1.68. The third-order valence-corrected chi connectivity index (χ3v) is 3.35. The predicted octanol–water partition coefficient (Wildman–Crippen LogP) is 2.62. The third-order valence-electron chi connectivity index (χ3n) is 3.35. The lowest BCUT2D eigenvalue weighted by atomic mass is 10.2. The Kier molecular flexibility index (Phi) is 2.90. The Hall–Kier alpha value is -2.83.